The fourth-order valence-corrected chi connectivity index (χ4v) is 1.32. The normalized spacial score (nSPS) is 10.7. The highest BCUT2D eigenvalue weighted by molar-refractivity contribution is 9.10. The van der Waals surface area contributed by atoms with E-state index in [9.17, 15) is 14.3 Å². The summed E-state index contributed by atoms with van der Waals surface area (Å²) in [7, 11) is 0. The topological polar surface area (TPSA) is 57.5 Å². The number of hydrogen-bond donors (Lipinski definition) is 2. The van der Waals surface area contributed by atoms with Crippen LogP contribution in [0.4, 0.5) is 4.39 Å². The Morgan fingerprint density at radius 1 is 1.50 bits per heavy atom. The lowest BCUT2D eigenvalue weighted by molar-refractivity contribution is -0.131. The second kappa shape index (κ2) is 4.23. The third kappa shape index (κ3) is 2.56. The summed E-state index contributed by atoms with van der Waals surface area (Å²) >= 11 is 2.93. The van der Waals surface area contributed by atoms with Crippen LogP contribution in [-0.4, -0.2) is 16.2 Å². The molecule has 3 nitrogen and oxygen atoms in total. The van der Waals surface area contributed by atoms with Gasteiger partial charge < -0.3 is 10.2 Å². The monoisotopic (exact) mass is 260 g/mol. The maximum Gasteiger partial charge on any atom is 0.328 e. The number of halogens is 2. The number of rotatable bonds is 2. The Hall–Kier alpha value is -1.36. The van der Waals surface area contributed by atoms with E-state index < -0.39 is 11.8 Å². The maximum absolute atomic E-state index is 12.8. The molecule has 0 atom stereocenters. The van der Waals surface area contributed by atoms with E-state index in [1.807, 2.05) is 0 Å². The average molecular weight is 261 g/mol. The van der Waals surface area contributed by atoms with Crippen LogP contribution in [0.25, 0.3) is 6.08 Å². The van der Waals surface area contributed by atoms with E-state index in [0.717, 1.165) is 24.3 Å². The lowest BCUT2D eigenvalue weighted by Crippen LogP contribution is -1.87. The number of carboxylic acids is 1. The van der Waals surface area contributed by atoms with Crippen molar-refractivity contribution in [3.05, 3.63) is 34.1 Å². The van der Waals surface area contributed by atoms with Crippen molar-refractivity contribution < 1.29 is 19.4 Å². The maximum atomic E-state index is 12.8. The van der Waals surface area contributed by atoms with Crippen LogP contribution in [0.2, 0.25) is 0 Å². The number of hydrogen-bond acceptors (Lipinski definition) is 2. The van der Waals surface area contributed by atoms with Gasteiger partial charge >= 0.3 is 5.97 Å². The highest BCUT2D eigenvalue weighted by atomic mass is 79.9. The van der Waals surface area contributed by atoms with Crippen LogP contribution in [0.1, 0.15) is 5.56 Å². The van der Waals surface area contributed by atoms with Crippen molar-refractivity contribution in [1.29, 1.82) is 0 Å². The Morgan fingerprint density at radius 2 is 2.14 bits per heavy atom. The largest absolute Gasteiger partial charge is 0.506 e. The van der Waals surface area contributed by atoms with Crippen LogP contribution in [0.3, 0.4) is 0 Å². The Balaban J connectivity index is 3.14. The van der Waals surface area contributed by atoms with Crippen LogP contribution < -0.4 is 0 Å². The van der Waals surface area contributed by atoms with Crippen molar-refractivity contribution in [3.8, 4) is 5.75 Å². The molecule has 0 saturated carbocycles. The van der Waals surface area contributed by atoms with Gasteiger partial charge in [-0.2, -0.15) is 0 Å². The smallest absolute Gasteiger partial charge is 0.328 e. The fraction of sp³-hybridized carbons (Fsp3) is 0. The van der Waals surface area contributed by atoms with Crippen LogP contribution in [0, 0.1) is 5.82 Å². The molecule has 0 fully saturated rings. The summed E-state index contributed by atoms with van der Waals surface area (Å²) in [5, 5.41) is 17.7. The molecule has 0 unspecified atom stereocenters. The Bertz CT molecular complexity index is 401. The van der Waals surface area contributed by atoms with Crippen LogP contribution >= 0.6 is 15.9 Å². The molecule has 0 saturated heterocycles. The van der Waals surface area contributed by atoms with Crippen molar-refractivity contribution in [2.75, 3.05) is 0 Å². The first-order chi connectivity index (χ1) is 6.50. The minimum absolute atomic E-state index is 0.110. The molecule has 0 heterocycles. The second-order valence-electron chi connectivity index (χ2n) is 2.50. The molecule has 1 rings (SSSR count). The molecular formula is C9H6BrFO3. The number of aromatic hydroxyl groups is 1. The minimum Gasteiger partial charge on any atom is -0.506 e. The SMILES string of the molecule is O=C(O)/C=C/c1cc(F)cc(Br)c1O. The van der Waals surface area contributed by atoms with Crippen molar-refractivity contribution in [2.24, 2.45) is 0 Å². The molecular weight excluding hydrogens is 255 g/mol. The van der Waals surface area contributed by atoms with Gasteiger partial charge in [-0.15, -0.1) is 0 Å². The summed E-state index contributed by atoms with van der Waals surface area (Å²) in [5.74, 6) is -1.91. The van der Waals surface area contributed by atoms with E-state index in [0.29, 0.717) is 0 Å². The summed E-state index contributed by atoms with van der Waals surface area (Å²) in [5.41, 5.74) is 0.110. The number of carbonyl (C=O) groups is 1. The standard InChI is InChI=1S/C9H6BrFO3/c10-7-4-6(11)3-5(9(7)14)1-2-8(12)13/h1-4,14H,(H,12,13)/b2-1+. The van der Waals surface area contributed by atoms with Crippen LogP contribution in [0.5, 0.6) is 5.75 Å². The highest BCUT2D eigenvalue weighted by Crippen LogP contribution is 2.29. The first-order valence-electron chi connectivity index (χ1n) is 3.59. The van der Waals surface area contributed by atoms with Gasteiger partial charge in [-0.25, -0.2) is 9.18 Å². The first kappa shape index (κ1) is 10.7. The predicted molar refractivity (Wildman–Crippen MR) is 52.4 cm³/mol. The van der Waals surface area contributed by atoms with Crippen molar-refractivity contribution in [2.45, 2.75) is 0 Å². The molecule has 74 valence electrons. The summed E-state index contributed by atoms with van der Waals surface area (Å²) < 4.78 is 13.0. The molecule has 0 aliphatic heterocycles. The fourth-order valence-electron chi connectivity index (χ4n) is 0.874. The predicted octanol–water partition coefficient (Wildman–Crippen LogP) is 2.39. The molecule has 0 aliphatic carbocycles. The van der Waals surface area contributed by atoms with Gasteiger partial charge in [0.05, 0.1) is 4.47 Å². The first-order valence-corrected chi connectivity index (χ1v) is 4.39. The van der Waals surface area contributed by atoms with E-state index in [4.69, 9.17) is 5.11 Å². The summed E-state index contributed by atoms with van der Waals surface area (Å²) in [6, 6.07) is 2.13. The Morgan fingerprint density at radius 3 is 2.71 bits per heavy atom. The average Bonchev–Trinajstić information content (AvgIpc) is 2.08. The number of phenolic OH excluding ortho intramolecular Hbond substituents is 1. The van der Waals surface area contributed by atoms with Gasteiger partial charge in [-0.1, -0.05) is 0 Å². The summed E-state index contributed by atoms with van der Waals surface area (Å²) in [4.78, 5) is 10.2. The van der Waals surface area contributed by atoms with Gasteiger partial charge in [0.15, 0.2) is 0 Å². The van der Waals surface area contributed by atoms with Gasteiger partial charge in [0.2, 0.25) is 0 Å². The van der Waals surface area contributed by atoms with Crippen molar-refractivity contribution in [3.63, 3.8) is 0 Å². The molecule has 0 spiro atoms. The quantitative estimate of drug-likeness (QED) is 0.803. The van der Waals surface area contributed by atoms with Gasteiger partial charge in [-0.05, 0) is 34.1 Å². The molecule has 0 amide bonds. The third-order valence-electron chi connectivity index (χ3n) is 1.46. The minimum atomic E-state index is -1.16. The van der Waals surface area contributed by atoms with Crippen molar-refractivity contribution in [1.82, 2.24) is 0 Å². The van der Waals surface area contributed by atoms with E-state index in [1.54, 1.807) is 0 Å². The van der Waals surface area contributed by atoms with E-state index in [2.05, 4.69) is 15.9 Å². The summed E-state index contributed by atoms with van der Waals surface area (Å²) in [6.07, 6.45) is 1.94. The van der Waals surface area contributed by atoms with Crippen LogP contribution in [-0.2, 0) is 4.79 Å². The number of aliphatic carboxylic acids is 1. The molecule has 1 aromatic carbocycles. The molecule has 0 aliphatic rings. The highest BCUT2D eigenvalue weighted by Gasteiger charge is 2.05. The summed E-state index contributed by atoms with van der Waals surface area (Å²) in [6.45, 7) is 0. The van der Waals surface area contributed by atoms with Gasteiger partial charge in [-0.3, -0.25) is 0 Å². The zero-order chi connectivity index (χ0) is 10.7. The second-order valence-corrected chi connectivity index (χ2v) is 3.35. The van der Waals surface area contributed by atoms with Crippen LogP contribution in [0.15, 0.2) is 22.7 Å². The van der Waals surface area contributed by atoms with Crippen molar-refractivity contribution >= 4 is 28.0 Å². The molecule has 2 N–H and O–H groups in total. The Labute approximate surface area is 87.6 Å². The van der Waals surface area contributed by atoms with Gasteiger partial charge in [0, 0.05) is 11.6 Å². The number of phenols is 1. The zero-order valence-electron chi connectivity index (χ0n) is 6.87. The number of carboxylic acid groups (broad SMARTS) is 1. The van der Waals surface area contributed by atoms with Gasteiger partial charge in [0.25, 0.3) is 0 Å². The molecule has 5 heteroatoms. The molecule has 0 bridgehead atoms. The van der Waals surface area contributed by atoms with E-state index in [-0.39, 0.29) is 15.8 Å². The lowest BCUT2D eigenvalue weighted by Gasteiger charge is -2.01. The lowest BCUT2D eigenvalue weighted by atomic mass is 10.2. The van der Waals surface area contributed by atoms with Gasteiger partial charge in [0.1, 0.15) is 11.6 Å². The van der Waals surface area contributed by atoms with E-state index in [1.165, 1.54) is 0 Å². The van der Waals surface area contributed by atoms with E-state index >= 15 is 0 Å². The number of benzene rings is 1. The molecule has 1 aromatic rings. The third-order valence-corrected chi connectivity index (χ3v) is 2.07. The Kier molecular flexibility index (Phi) is 3.24. The molecule has 14 heavy (non-hydrogen) atoms. The molecule has 0 radical (unpaired) electrons. The zero-order valence-corrected chi connectivity index (χ0v) is 8.45. The molecule has 0 aromatic heterocycles.